The summed E-state index contributed by atoms with van der Waals surface area (Å²) in [5.41, 5.74) is 8.76. The van der Waals surface area contributed by atoms with E-state index in [0.29, 0.717) is 0 Å². The van der Waals surface area contributed by atoms with Crippen LogP contribution in [0.1, 0.15) is 18.5 Å². The van der Waals surface area contributed by atoms with Crippen molar-refractivity contribution in [3.63, 3.8) is 0 Å². The van der Waals surface area contributed by atoms with E-state index in [1.54, 1.807) is 23.5 Å². The predicted molar refractivity (Wildman–Crippen MR) is 62.3 cm³/mol. The highest BCUT2D eigenvalue weighted by atomic mass is 32.1. The maximum atomic E-state index is 13.2. The highest BCUT2D eigenvalue weighted by molar-refractivity contribution is 7.08. The molecule has 1 atom stereocenters. The van der Waals surface area contributed by atoms with Crippen LogP contribution in [0.4, 0.5) is 4.39 Å². The molecule has 2 rings (SSSR count). The molecule has 0 aliphatic heterocycles. The summed E-state index contributed by atoms with van der Waals surface area (Å²) in [6.07, 6.45) is 0. The summed E-state index contributed by atoms with van der Waals surface area (Å²) in [4.78, 5) is 0. The molecule has 0 aliphatic rings. The molecule has 1 aromatic carbocycles. The lowest BCUT2D eigenvalue weighted by Gasteiger charge is -2.11. The molecule has 0 saturated carbocycles. The molecule has 0 aliphatic carbocycles. The zero-order valence-electron chi connectivity index (χ0n) is 8.41. The van der Waals surface area contributed by atoms with Crippen LogP contribution >= 0.6 is 11.3 Å². The van der Waals surface area contributed by atoms with Gasteiger partial charge in [0.05, 0.1) is 0 Å². The SMILES string of the molecule is CC(N)c1ccc(F)cc1-c1ccsc1. The fraction of sp³-hybridized carbons (Fsp3) is 0.167. The molecule has 1 heterocycles. The molecule has 1 unspecified atom stereocenters. The van der Waals surface area contributed by atoms with Gasteiger partial charge in [-0.3, -0.25) is 0 Å². The van der Waals surface area contributed by atoms with Gasteiger partial charge < -0.3 is 5.73 Å². The fourth-order valence-electron chi connectivity index (χ4n) is 1.59. The Bertz CT molecular complexity index is 449. The summed E-state index contributed by atoms with van der Waals surface area (Å²) in [5.74, 6) is -0.222. The van der Waals surface area contributed by atoms with Crippen molar-refractivity contribution in [3.05, 3.63) is 46.4 Å². The van der Waals surface area contributed by atoms with Gasteiger partial charge in [-0.15, -0.1) is 0 Å². The molecule has 0 bridgehead atoms. The predicted octanol–water partition coefficient (Wildman–Crippen LogP) is 3.57. The zero-order valence-corrected chi connectivity index (χ0v) is 9.22. The van der Waals surface area contributed by atoms with Gasteiger partial charge >= 0.3 is 0 Å². The van der Waals surface area contributed by atoms with Crippen LogP contribution in [0.15, 0.2) is 35.0 Å². The Morgan fingerprint density at radius 3 is 2.73 bits per heavy atom. The maximum absolute atomic E-state index is 13.2. The number of rotatable bonds is 2. The average molecular weight is 221 g/mol. The van der Waals surface area contributed by atoms with Crippen molar-refractivity contribution in [2.24, 2.45) is 5.73 Å². The first-order chi connectivity index (χ1) is 7.18. The number of thiophene rings is 1. The number of nitrogens with two attached hydrogens (primary N) is 1. The molecule has 0 saturated heterocycles. The molecule has 0 fully saturated rings. The summed E-state index contributed by atoms with van der Waals surface area (Å²) < 4.78 is 13.2. The van der Waals surface area contributed by atoms with Gasteiger partial charge in [0.15, 0.2) is 0 Å². The van der Waals surface area contributed by atoms with E-state index in [0.717, 1.165) is 16.7 Å². The molecule has 15 heavy (non-hydrogen) atoms. The Kier molecular flexibility index (Phi) is 2.84. The summed E-state index contributed by atoms with van der Waals surface area (Å²) >= 11 is 1.60. The fourth-order valence-corrected chi connectivity index (χ4v) is 2.25. The Hall–Kier alpha value is -1.19. The van der Waals surface area contributed by atoms with Crippen molar-refractivity contribution < 1.29 is 4.39 Å². The van der Waals surface area contributed by atoms with Gasteiger partial charge in [0.25, 0.3) is 0 Å². The molecule has 0 amide bonds. The van der Waals surface area contributed by atoms with E-state index in [1.807, 2.05) is 23.8 Å². The molecule has 78 valence electrons. The molecule has 1 nitrogen and oxygen atoms in total. The molecule has 0 radical (unpaired) electrons. The number of hydrogen-bond donors (Lipinski definition) is 1. The van der Waals surface area contributed by atoms with E-state index < -0.39 is 0 Å². The number of benzene rings is 1. The quantitative estimate of drug-likeness (QED) is 0.824. The molecule has 0 spiro atoms. The lowest BCUT2D eigenvalue weighted by atomic mass is 9.98. The number of halogens is 1. The molecular formula is C12H12FNS. The van der Waals surface area contributed by atoms with Crippen LogP contribution in [0.5, 0.6) is 0 Å². The Morgan fingerprint density at radius 1 is 1.33 bits per heavy atom. The lowest BCUT2D eigenvalue weighted by molar-refractivity contribution is 0.626. The third-order valence-electron chi connectivity index (χ3n) is 2.34. The van der Waals surface area contributed by atoms with Crippen molar-refractivity contribution in [3.8, 4) is 11.1 Å². The van der Waals surface area contributed by atoms with Crippen LogP contribution in [0.25, 0.3) is 11.1 Å². The minimum absolute atomic E-state index is 0.0829. The second kappa shape index (κ2) is 4.13. The van der Waals surface area contributed by atoms with Crippen molar-refractivity contribution in [2.45, 2.75) is 13.0 Å². The molecule has 2 N–H and O–H groups in total. The lowest BCUT2D eigenvalue weighted by Crippen LogP contribution is -2.06. The van der Waals surface area contributed by atoms with Gasteiger partial charge in [0, 0.05) is 6.04 Å². The second-order valence-corrected chi connectivity index (χ2v) is 4.31. The van der Waals surface area contributed by atoms with Gasteiger partial charge in [-0.25, -0.2) is 4.39 Å². The first-order valence-corrected chi connectivity index (χ1v) is 5.70. The van der Waals surface area contributed by atoms with Crippen LogP contribution < -0.4 is 5.73 Å². The Labute approximate surface area is 92.4 Å². The largest absolute Gasteiger partial charge is 0.324 e. The molecule has 3 heteroatoms. The van der Waals surface area contributed by atoms with Gasteiger partial charge in [0.1, 0.15) is 5.82 Å². The van der Waals surface area contributed by atoms with Crippen molar-refractivity contribution in [1.82, 2.24) is 0 Å². The third kappa shape index (κ3) is 2.08. The topological polar surface area (TPSA) is 26.0 Å². The molecular weight excluding hydrogens is 209 g/mol. The molecule has 1 aromatic heterocycles. The van der Waals surface area contributed by atoms with E-state index >= 15 is 0 Å². The van der Waals surface area contributed by atoms with E-state index in [4.69, 9.17) is 5.73 Å². The maximum Gasteiger partial charge on any atom is 0.123 e. The average Bonchev–Trinajstić information content (AvgIpc) is 2.69. The van der Waals surface area contributed by atoms with Gasteiger partial charge in [-0.1, -0.05) is 6.07 Å². The Balaban J connectivity index is 2.58. The highest BCUT2D eigenvalue weighted by Crippen LogP contribution is 2.29. The minimum atomic E-state index is -0.222. The van der Waals surface area contributed by atoms with Crippen LogP contribution in [-0.2, 0) is 0 Å². The van der Waals surface area contributed by atoms with Gasteiger partial charge in [-0.2, -0.15) is 11.3 Å². The second-order valence-electron chi connectivity index (χ2n) is 3.53. The van der Waals surface area contributed by atoms with E-state index in [-0.39, 0.29) is 11.9 Å². The van der Waals surface area contributed by atoms with E-state index in [1.165, 1.54) is 6.07 Å². The van der Waals surface area contributed by atoms with Crippen molar-refractivity contribution in [1.29, 1.82) is 0 Å². The molecule has 2 aromatic rings. The smallest absolute Gasteiger partial charge is 0.123 e. The summed E-state index contributed by atoms with van der Waals surface area (Å²) in [7, 11) is 0. The first-order valence-electron chi connectivity index (χ1n) is 4.76. The summed E-state index contributed by atoms with van der Waals surface area (Å²) in [6, 6.07) is 6.65. The summed E-state index contributed by atoms with van der Waals surface area (Å²) in [5, 5.41) is 3.98. The standard InChI is InChI=1S/C12H12FNS/c1-8(14)11-3-2-10(13)6-12(11)9-4-5-15-7-9/h2-8H,14H2,1H3. The monoisotopic (exact) mass is 221 g/mol. The first kappa shape index (κ1) is 10.3. The zero-order chi connectivity index (χ0) is 10.8. The highest BCUT2D eigenvalue weighted by Gasteiger charge is 2.09. The summed E-state index contributed by atoms with van der Waals surface area (Å²) in [6.45, 7) is 1.91. The third-order valence-corrected chi connectivity index (χ3v) is 3.02. The normalized spacial score (nSPS) is 12.7. The van der Waals surface area contributed by atoms with E-state index in [2.05, 4.69) is 0 Å². The van der Waals surface area contributed by atoms with Crippen LogP contribution in [0, 0.1) is 5.82 Å². The number of hydrogen-bond acceptors (Lipinski definition) is 2. The van der Waals surface area contributed by atoms with Crippen LogP contribution in [0.2, 0.25) is 0 Å². The van der Waals surface area contributed by atoms with Gasteiger partial charge in [-0.05, 0) is 52.6 Å². The van der Waals surface area contributed by atoms with Crippen LogP contribution in [0.3, 0.4) is 0 Å². The van der Waals surface area contributed by atoms with Gasteiger partial charge in [0.2, 0.25) is 0 Å². The van der Waals surface area contributed by atoms with Crippen LogP contribution in [-0.4, -0.2) is 0 Å². The van der Waals surface area contributed by atoms with Crippen molar-refractivity contribution in [2.75, 3.05) is 0 Å². The Morgan fingerprint density at radius 2 is 2.13 bits per heavy atom. The van der Waals surface area contributed by atoms with E-state index in [9.17, 15) is 4.39 Å². The van der Waals surface area contributed by atoms with Crippen molar-refractivity contribution >= 4 is 11.3 Å². The minimum Gasteiger partial charge on any atom is -0.324 e.